The number of rotatable bonds is 6. The molecule has 1 aromatic carbocycles. The summed E-state index contributed by atoms with van der Waals surface area (Å²) < 4.78 is 23.6. The minimum Gasteiger partial charge on any atom is -0.385 e. The molecule has 1 aliphatic heterocycles. The lowest BCUT2D eigenvalue weighted by molar-refractivity contribution is 0.226. The number of amides is 2. The van der Waals surface area contributed by atoms with E-state index in [1.165, 1.54) is 11.3 Å². The molecule has 0 aliphatic carbocycles. The third-order valence-electron chi connectivity index (χ3n) is 4.71. The Bertz CT molecular complexity index is 1330. The molecule has 166 valence electrons. The van der Waals surface area contributed by atoms with Crippen molar-refractivity contribution in [3.8, 4) is 11.3 Å². The van der Waals surface area contributed by atoms with Crippen molar-refractivity contribution in [3.63, 3.8) is 0 Å². The second kappa shape index (κ2) is 9.15. The molecule has 11 heteroatoms. The van der Waals surface area contributed by atoms with E-state index in [1.807, 2.05) is 6.08 Å². The van der Waals surface area contributed by atoms with Crippen molar-refractivity contribution in [1.29, 1.82) is 0 Å². The molecule has 0 saturated carbocycles. The molecule has 3 heterocycles. The summed E-state index contributed by atoms with van der Waals surface area (Å²) in [4.78, 5) is 26.2. The molecule has 3 N–H and O–H groups in total. The Kier molecular flexibility index (Phi) is 6.31. The average Bonchev–Trinajstić information content (AvgIpc) is 3.19. The van der Waals surface area contributed by atoms with Crippen LogP contribution in [0.5, 0.6) is 0 Å². The summed E-state index contributed by atoms with van der Waals surface area (Å²) in [6.07, 6.45) is 4.83. The fraction of sp³-hybridized carbons (Fsp3) is 0.238. The Balaban J connectivity index is 1.44. The number of aliphatic imine (C=N–C) groups is 1. The zero-order chi connectivity index (χ0) is 22.7. The quantitative estimate of drug-likeness (QED) is 0.506. The number of sulfone groups is 1. The fourth-order valence-corrected chi connectivity index (χ4v) is 4.59. The molecule has 3 aromatic rings. The Morgan fingerprint density at radius 1 is 1.25 bits per heavy atom. The summed E-state index contributed by atoms with van der Waals surface area (Å²) in [5.41, 5.74) is 2.43. The van der Waals surface area contributed by atoms with E-state index >= 15 is 0 Å². The molecule has 0 spiro atoms. The predicted molar refractivity (Wildman–Crippen MR) is 125 cm³/mol. The SMILES string of the molecule is CS(=O)(=O)c1cccc(-c2ccc3nc(NC(=O)NCC(O)C4=NCCC=C4)sc3n2)c1. The molecule has 9 nitrogen and oxygen atoms in total. The van der Waals surface area contributed by atoms with Gasteiger partial charge in [0.1, 0.15) is 16.5 Å². The minimum absolute atomic E-state index is 0.0268. The Hall–Kier alpha value is -3.15. The molecule has 0 bridgehead atoms. The first-order valence-electron chi connectivity index (χ1n) is 9.81. The van der Waals surface area contributed by atoms with Crippen LogP contribution in [-0.2, 0) is 9.84 Å². The first kappa shape index (κ1) is 22.1. The molecule has 0 fully saturated rings. The molecular weight excluding hydrogens is 450 g/mol. The fourth-order valence-electron chi connectivity index (χ4n) is 3.09. The summed E-state index contributed by atoms with van der Waals surface area (Å²) in [6.45, 7) is 0.660. The van der Waals surface area contributed by atoms with Gasteiger partial charge in [-0.15, -0.1) is 0 Å². The summed E-state index contributed by atoms with van der Waals surface area (Å²) >= 11 is 1.20. The van der Waals surface area contributed by atoms with Crippen LogP contribution in [0.4, 0.5) is 9.93 Å². The first-order chi connectivity index (χ1) is 15.3. The number of dihydropyridines is 1. The topological polar surface area (TPSA) is 134 Å². The van der Waals surface area contributed by atoms with Crippen LogP contribution in [0.15, 0.2) is 58.4 Å². The van der Waals surface area contributed by atoms with E-state index in [0.717, 1.165) is 12.7 Å². The van der Waals surface area contributed by atoms with Crippen LogP contribution in [0, 0.1) is 0 Å². The van der Waals surface area contributed by atoms with Crippen molar-refractivity contribution < 1.29 is 18.3 Å². The maximum Gasteiger partial charge on any atom is 0.321 e. The van der Waals surface area contributed by atoms with Crippen molar-refractivity contribution >= 4 is 48.4 Å². The number of benzene rings is 1. The van der Waals surface area contributed by atoms with E-state index in [4.69, 9.17) is 0 Å². The van der Waals surface area contributed by atoms with Gasteiger partial charge in [-0.05, 0) is 36.8 Å². The smallest absolute Gasteiger partial charge is 0.321 e. The van der Waals surface area contributed by atoms with E-state index in [1.54, 1.807) is 42.5 Å². The number of anilines is 1. The lowest BCUT2D eigenvalue weighted by Crippen LogP contribution is -2.38. The summed E-state index contributed by atoms with van der Waals surface area (Å²) in [7, 11) is -3.33. The second-order valence-corrected chi connectivity index (χ2v) is 10.2. The van der Waals surface area contributed by atoms with Gasteiger partial charge in [-0.25, -0.2) is 23.2 Å². The van der Waals surface area contributed by atoms with Gasteiger partial charge in [0.2, 0.25) is 0 Å². The second-order valence-electron chi connectivity index (χ2n) is 7.19. The number of nitrogens with zero attached hydrogens (tertiary/aromatic N) is 3. The number of pyridine rings is 1. The molecule has 4 rings (SSSR count). The summed E-state index contributed by atoms with van der Waals surface area (Å²) in [5, 5.41) is 15.7. The van der Waals surface area contributed by atoms with Crippen molar-refractivity contribution in [3.05, 3.63) is 48.6 Å². The average molecular weight is 472 g/mol. The molecule has 0 radical (unpaired) electrons. The monoisotopic (exact) mass is 471 g/mol. The Labute approximate surface area is 188 Å². The van der Waals surface area contributed by atoms with Gasteiger partial charge in [0, 0.05) is 18.4 Å². The van der Waals surface area contributed by atoms with Crippen LogP contribution in [0.2, 0.25) is 0 Å². The lowest BCUT2D eigenvalue weighted by Gasteiger charge is -2.14. The van der Waals surface area contributed by atoms with Crippen LogP contribution in [-0.4, -0.2) is 60.7 Å². The molecular formula is C21H21N5O4S2. The predicted octanol–water partition coefficient (Wildman–Crippen LogP) is 2.65. The first-order valence-corrected chi connectivity index (χ1v) is 12.5. The van der Waals surface area contributed by atoms with E-state index in [0.29, 0.717) is 39.0 Å². The van der Waals surface area contributed by atoms with Crippen molar-refractivity contribution in [2.45, 2.75) is 17.4 Å². The number of fused-ring (bicyclic) bond motifs is 1. The highest BCUT2D eigenvalue weighted by Gasteiger charge is 2.15. The van der Waals surface area contributed by atoms with Crippen LogP contribution in [0.3, 0.4) is 0 Å². The summed E-state index contributed by atoms with van der Waals surface area (Å²) in [5.74, 6) is 0. The Morgan fingerprint density at radius 2 is 2.09 bits per heavy atom. The molecule has 32 heavy (non-hydrogen) atoms. The van der Waals surface area contributed by atoms with Gasteiger partial charge >= 0.3 is 6.03 Å². The lowest BCUT2D eigenvalue weighted by atomic mass is 10.1. The van der Waals surface area contributed by atoms with Crippen molar-refractivity contribution in [2.24, 2.45) is 4.99 Å². The van der Waals surface area contributed by atoms with Gasteiger partial charge in [0.25, 0.3) is 0 Å². The van der Waals surface area contributed by atoms with E-state index in [9.17, 15) is 18.3 Å². The highest BCUT2D eigenvalue weighted by atomic mass is 32.2. The highest BCUT2D eigenvalue weighted by molar-refractivity contribution is 7.90. The molecule has 1 unspecified atom stereocenters. The number of carbonyl (C=O) groups is 1. The van der Waals surface area contributed by atoms with Crippen LogP contribution in [0.25, 0.3) is 21.6 Å². The molecule has 0 saturated heterocycles. The maximum atomic E-state index is 12.2. The zero-order valence-electron chi connectivity index (χ0n) is 17.1. The van der Waals surface area contributed by atoms with Gasteiger partial charge in [0.05, 0.1) is 22.8 Å². The van der Waals surface area contributed by atoms with E-state index in [2.05, 4.69) is 25.6 Å². The normalized spacial score (nSPS) is 14.8. The summed E-state index contributed by atoms with van der Waals surface area (Å²) in [6, 6.07) is 9.60. The number of thiazole rings is 1. The third kappa shape index (κ3) is 5.18. The molecule has 1 atom stereocenters. The molecule has 2 amide bonds. The number of hydrogen-bond donors (Lipinski definition) is 3. The number of aromatic nitrogens is 2. The van der Waals surface area contributed by atoms with E-state index < -0.39 is 22.0 Å². The number of urea groups is 1. The Morgan fingerprint density at radius 3 is 2.84 bits per heavy atom. The van der Waals surface area contributed by atoms with Crippen LogP contribution < -0.4 is 10.6 Å². The number of aliphatic hydroxyl groups is 1. The number of nitrogens with one attached hydrogen (secondary N) is 2. The van der Waals surface area contributed by atoms with Crippen LogP contribution >= 0.6 is 11.3 Å². The maximum absolute atomic E-state index is 12.2. The number of carbonyl (C=O) groups excluding carboxylic acids is 1. The van der Waals surface area contributed by atoms with Gasteiger partial charge in [-0.2, -0.15) is 0 Å². The van der Waals surface area contributed by atoms with Crippen molar-refractivity contribution in [1.82, 2.24) is 15.3 Å². The number of hydrogen-bond acceptors (Lipinski definition) is 8. The minimum atomic E-state index is -3.33. The van der Waals surface area contributed by atoms with Gasteiger partial charge in [-0.1, -0.05) is 29.5 Å². The van der Waals surface area contributed by atoms with Crippen molar-refractivity contribution in [2.75, 3.05) is 24.7 Å². The zero-order valence-corrected chi connectivity index (χ0v) is 18.8. The van der Waals surface area contributed by atoms with Gasteiger partial charge < -0.3 is 10.4 Å². The molecule has 1 aliphatic rings. The number of aliphatic hydroxyl groups excluding tert-OH is 1. The van der Waals surface area contributed by atoms with Gasteiger partial charge in [0.15, 0.2) is 15.0 Å². The highest BCUT2D eigenvalue weighted by Crippen LogP contribution is 2.28. The van der Waals surface area contributed by atoms with Crippen LogP contribution in [0.1, 0.15) is 6.42 Å². The standard InChI is InChI=1S/C21H21N5O4S2/c1-32(29,30)14-6-4-5-13(11-14)15-8-9-17-19(24-15)31-21(25-17)26-20(28)23-12-18(27)16-7-2-3-10-22-16/h2,4-9,11,18,27H,3,10,12H2,1H3,(H2,23,25,26,28). The molecule has 2 aromatic heterocycles. The largest absolute Gasteiger partial charge is 0.385 e. The van der Waals surface area contributed by atoms with Gasteiger partial charge in [-0.3, -0.25) is 10.3 Å². The third-order valence-corrected chi connectivity index (χ3v) is 6.70. The van der Waals surface area contributed by atoms with E-state index in [-0.39, 0.29) is 11.4 Å².